The maximum absolute atomic E-state index is 12.8. The second-order valence-electron chi connectivity index (χ2n) is 12.5. The summed E-state index contributed by atoms with van der Waals surface area (Å²) >= 11 is 0. The van der Waals surface area contributed by atoms with Gasteiger partial charge in [-0.25, -0.2) is 9.78 Å². The Kier molecular flexibility index (Phi) is 13.3. The molecule has 0 saturated carbocycles. The molecule has 230 valence electrons. The van der Waals surface area contributed by atoms with E-state index in [9.17, 15) is 14.7 Å². The van der Waals surface area contributed by atoms with E-state index < -0.39 is 12.0 Å². The molecule has 0 fully saturated rings. The molecule has 1 aromatic heterocycles. The Balaban J connectivity index is 0.00000113. The van der Waals surface area contributed by atoms with Crippen molar-refractivity contribution in [2.45, 2.75) is 99.2 Å². The molecule has 0 aliphatic carbocycles. The monoisotopic (exact) mass is 579 g/mol. The van der Waals surface area contributed by atoms with Crippen LogP contribution in [-0.2, 0) is 29.0 Å². The number of hydrogen-bond acceptors (Lipinski definition) is 6. The number of hydrogen-bond donors (Lipinski definition) is 2. The minimum Gasteiger partial charge on any atom is -0.493 e. The molecule has 8 heteroatoms. The minimum atomic E-state index is -1.01. The molecule has 2 heterocycles. The van der Waals surface area contributed by atoms with Crippen molar-refractivity contribution in [1.29, 1.82) is 0 Å². The summed E-state index contributed by atoms with van der Waals surface area (Å²) in [6.45, 7) is 16.7. The normalized spacial score (nSPS) is 15.0. The smallest absolute Gasteiger partial charge is 0.326 e. The Morgan fingerprint density at radius 3 is 2.55 bits per heavy atom. The Hall–Kier alpha value is -3.65. The summed E-state index contributed by atoms with van der Waals surface area (Å²) in [5.74, 6) is 1.41. The van der Waals surface area contributed by atoms with Crippen LogP contribution in [0, 0.1) is 12.8 Å². The number of allylic oxidation sites excluding steroid dienone is 4. The fraction of sp³-hybridized carbons (Fsp3) is 0.500. The lowest BCUT2D eigenvalue weighted by atomic mass is 9.93. The third-order valence-electron chi connectivity index (χ3n) is 6.23. The zero-order chi connectivity index (χ0) is 31.4. The van der Waals surface area contributed by atoms with Crippen molar-refractivity contribution in [3.05, 3.63) is 76.5 Å². The van der Waals surface area contributed by atoms with Gasteiger partial charge in [0.1, 0.15) is 17.6 Å². The van der Waals surface area contributed by atoms with E-state index >= 15 is 0 Å². The number of nitrogens with zero attached hydrogens (tertiary/aromatic N) is 2. The zero-order valence-electron chi connectivity index (χ0n) is 26.6. The van der Waals surface area contributed by atoms with Gasteiger partial charge in [0.15, 0.2) is 0 Å². The quantitative estimate of drug-likeness (QED) is 0.226. The van der Waals surface area contributed by atoms with Gasteiger partial charge in [-0.3, -0.25) is 4.79 Å². The van der Waals surface area contributed by atoms with E-state index in [0.29, 0.717) is 30.6 Å². The summed E-state index contributed by atoms with van der Waals surface area (Å²) in [7, 11) is 0. The molecule has 1 aliphatic rings. The molecule has 3 rings (SSSR count). The number of carbonyl (C=O) groups excluding carboxylic acids is 1. The fourth-order valence-corrected chi connectivity index (χ4v) is 4.15. The summed E-state index contributed by atoms with van der Waals surface area (Å²) in [6.07, 6.45) is 11.9. The molecule has 2 aromatic rings. The number of carboxylic acid groups (broad SMARTS) is 1. The number of carbonyl (C=O) groups is 2. The molecular weight excluding hydrogens is 530 g/mol. The van der Waals surface area contributed by atoms with Gasteiger partial charge in [0, 0.05) is 31.0 Å². The first-order chi connectivity index (χ1) is 19.6. The molecule has 1 aliphatic heterocycles. The lowest BCUT2D eigenvalue weighted by Crippen LogP contribution is -2.48. The van der Waals surface area contributed by atoms with Crippen molar-refractivity contribution in [3.63, 3.8) is 0 Å². The summed E-state index contributed by atoms with van der Waals surface area (Å²) in [5, 5.41) is 9.71. The van der Waals surface area contributed by atoms with Crippen LogP contribution in [0.25, 0.3) is 6.08 Å². The number of aliphatic carboxylic acids is 1. The van der Waals surface area contributed by atoms with Gasteiger partial charge in [-0.15, -0.1) is 0 Å². The standard InChI is InChI=1S/C30H38N2O5.C4H11N/c1-20(2)9-6-7-11-28-31-26(22(5)37-28)15-16-36-25-14-13-23-18-27(30(34)35)32(19-24(23)17-25)29(33)12-8-10-21(3)4;1-4(2,3)5/h7-8,10-14,17,20,27H,6,9,15-16,18-19H2,1-5H3,(H,34,35);5H2,1-3H3/b11-7+,12-8+;/t27-;/m0./s1. The number of aryl methyl sites for hydroxylation is 1. The van der Waals surface area contributed by atoms with Gasteiger partial charge >= 0.3 is 5.97 Å². The van der Waals surface area contributed by atoms with Crippen molar-refractivity contribution in [1.82, 2.24) is 9.88 Å². The first-order valence-corrected chi connectivity index (χ1v) is 14.6. The number of oxazole rings is 1. The second-order valence-corrected chi connectivity index (χ2v) is 12.5. The average Bonchev–Trinajstić information content (AvgIpc) is 3.23. The van der Waals surface area contributed by atoms with E-state index in [1.165, 1.54) is 11.0 Å². The van der Waals surface area contributed by atoms with E-state index in [2.05, 4.69) is 24.9 Å². The highest BCUT2D eigenvalue weighted by Crippen LogP contribution is 2.28. The second kappa shape index (κ2) is 16.1. The number of benzene rings is 1. The van der Waals surface area contributed by atoms with Crippen LogP contribution in [0.1, 0.15) is 89.8 Å². The molecule has 0 radical (unpaired) electrons. The van der Waals surface area contributed by atoms with Crippen molar-refractivity contribution in [2.24, 2.45) is 11.7 Å². The maximum Gasteiger partial charge on any atom is 0.326 e. The van der Waals surface area contributed by atoms with Gasteiger partial charge in [0.05, 0.1) is 12.3 Å². The van der Waals surface area contributed by atoms with Crippen molar-refractivity contribution >= 4 is 18.0 Å². The molecule has 0 spiro atoms. The van der Waals surface area contributed by atoms with Crippen LogP contribution in [0.2, 0.25) is 0 Å². The summed E-state index contributed by atoms with van der Waals surface area (Å²) in [5.41, 5.74) is 9.08. The molecular formula is C34H49N3O5. The number of nitrogens with two attached hydrogens (primary N) is 1. The fourth-order valence-electron chi connectivity index (χ4n) is 4.15. The highest BCUT2D eigenvalue weighted by molar-refractivity contribution is 5.92. The van der Waals surface area contributed by atoms with Crippen LogP contribution in [0.15, 0.2) is 52.5 Å². The molecule has 0 saturated heterocycles. The zero-order valence-corrected chi connectivity index (χ0v) is 26.6. The SMILES string of the molecule is CC(C)(C)N.CC(C)=C/C=C/C(=O)N1Cc2cc(OCCc3nc(/C=C/CCC(C)C)oc3C)ccc2C[C@H]1C(=O)O. The molecule has 3 N–H and O–H groups in total. The number of aromatic nitrogens is 1. The Labute approximate surface area is 251 Å². The van der Waals surface area contributed by atoms with Crippen LogP contribution in [0.5, 0.6) is 5.75 Å². The average molecular weight is 580 g/mol. The number of fused-ring (bicyclic) bond motifs is 1. The van der Waals surface area contributed by atoms with Gasteiger partial charge in [0.25, 0.3) is 0 Å². The molecule has 1 aromatic carbocycles. The van der Waals surface area contributed by atoms with Crippen molar-refractivity contribution < 1.29 is 23.8 Å². The number of rotatable bonds is 11. The summed E-state index contributed by atoms with van der Waals surface area (Å²) in [6, 6.07) is 4.74. The third-order valence-corrected chi connectivity index (χ3v) is 6.23. The van der Waals surface area contributed by atoms with Gasteiger partial charge < -0.3 is 24.9 Å². The highest BCUT2D eigenvalue weighted by atomic mass is 16.5. The lowest BCUT2D eigenvalue weighted by molar-refractivity contribution is -0.149. The number of amides is 1. The molecule has 8 nitrogen and oxygen atoms in total. The third kappa shape index (κ3) is 12.5. The van der Waals surface area contributed by atoms with E-state index in [0.717, 1.165) is 41.0 Å². The maximum atomic E-state index is 12.8. The van der Waals surface area contributed by atoms with Crippen LogP contribution < -0.4 is 10.5 Å². The van der Waals surface area contributed by atoms with Gasteiger partial charge in [-0.1, -0.05) is 43.7 Å². The van der Waals surface area contributed by atoms with Gasteiger partial charge in [-0.05, 0) is 89.6 Å². The van der Waals surface area contributed by atoms with Crippen LogP contribution in [0.4, 0.5) is 0 Å². The van der Waals surface area contributed by atoms with Gasteiger partial charge in [-0.2, -0.15) is 0 Å². The first kappa shape index (κ1) is 34.6. The highest BCUT2D eigenvalue weighted by Gasteiger charge is 2.33. The Bertz CT molecular complexity index is 1270. The van der Waals surface area contributed by atoms with E-state index in [4.69, 9.17) is 14.9 Å². The topological polar surface area (TPSA) is 119 Å². The molecule has 0 unspecified atom stereocenters. The molecule has 0 bridgehead atoms. The largest absolute Gasteiger partial charge is 0.493 e. The molecule has 1 amide bonds. The number of carboxylic acids is 1. The molecule has 1 atom stereocenters. The molecule has 42 heavy (non-hydrogen) atoms. The van der Waals surface area contributed by atoms with Gasteiger partial charge in [0.2, 0.25) is 11.8 Å². The first-order valence-electron chi connectivity index (χ1n) is 14.6. The van der Waals surface area contributed by atoms with E-state index in [-0.39, 0.29) is 24.4 Å². The number of ether oxygens (including phenoxy) is 1. The van der Waals surface area contributed by atoms with E-state index in [1.54, 1.807) is 6.08 Å². The van der Waals surface area contributed by atoms with E-state index in [1.807, 2.05) is 71.9 Å². The lowest BCUT2D eigenvalue weighted by Gasteiger charge is -2.34. The predicted molar refractivity (Wildman–Crippen MR) is 168 cm³/mol. The van der Waals surface area contributed by atoms with Crippen LogP contribution >= 0.6 is 0 Å². The summed E-state index contributed by atoms with van der Waals surface area (Å²) < 4.78 is 11.7. The van der Waals surface area contributed by atoms with Crippen LogP contribution in [0.3, 0.4) is 0 Å². The minimum absolute atomic E-state index is 0. The van der Waals surface area contributed by atoms with Crippen molar-refractivity contribution in [2.75, 3.05) is 6.61 Å². The summed E-state index contributed by atoms with van der Waals surface area (Å²) in [4.78, 5) is 30.6. The predicted octanol–water partition coefficient (Wildman–Crippen LogP) is 6.66. The van der Waals surface area contributed by atoms with Crippen molar-refractivity contribution in [3.8, 4) is 5.75 Å². The Morgan fingerprint density at radius 2 is 1.93 bits per heavy atom. The van der Waals surface area contributed by atoms with Crippen LogP contribution in [-0.4, -0.2) is 45.1 Å². The Morgan fingerprint density at radius 1 is 1.24 bits per heavy atom.